The van der Waals surface area contributed by atoms with Crippen molar-refractivity contribution in [2.45, 2.75) is 18.8 Å². The van der Waals surface area contributed by atoms with Crippen LogP contribution in [-0.2, 0) is 0 Å². The molecule has 2 aromatic heterocycles. The fourth-order valence-corrected chi connectivity index (χ4v) is 3.22. The predicted octanol–water partition coefficient (Wildman–Crippen LogP) is 3.53. The number of rotatable bonds is 3. The third-order valence-corrected chi connectivity index (χ3v) is 4.52. The fraction of sp³-hybridized carbons (Fsp3) is 0.263. The number of piperidine rings is 1. The van der Waals surface area contributed by atoms with Crippen LogP contribution in [0.1, 0.15) is 30.2 Å². The van der Waals surface area contributed by atoms with Crippen molar-refractivity contribution in [1.82, 2.24) is 15.1 Å². The summed E-state index contributed by atoms with van der Waals surface area (Å²) in [4.78, 5) is 10.9. The molecule has 0 amide bonds. The van der Waals surface area contributed by atoms with Crippen LogP contribution in [0, 0.1) is 17.1 Å². The van der Waals surface area contributed by atoms with E-state index in [1.807, 2.05) is 0 Å². The number of hydrogen-bond donors (Lipinski definition) is 0. The van der Waals surface area contributed by atoms with E-state index in [-0.39, 0.29) is 11.7 Å². The zero-order valence-electron chi connectivity index (χ0n) is 14.0. The molecule has 0 spiro atoms. The molecule has 0 aliphatic carbocycles. The third kappa shape index (κ3) is 3.14. The molecule has 1 aliphatic heterocycles. The lowest BCUT2D eigenvalue weighted by Crippen LogP contribution is -2.35. The molecule has 0 saturated carbocycles. The highest BCUT2D eigenvalue weighted by Crippen LogP contribution is 2.30. The topological polar surface area (TPSA) is 78.8 Å². The molecule has 4 rings (SSSR count). The predicted molar refractivity (Wildman–Crippen MR) is 92.8 cm³/mol. The lowest BCUT2D eigenvalue weighted by molar-refractivity contribution is 0.333. The maximum absolute atomic E-state index is 13.1. The van der Waals surface area contributed by atoms with Gasteiger partial charge in [-0.25, -0.2) is 9.37 Å². The molecular formula is C19H16FN5O. The Morgan fingerprint density at radius 1 is 1.23 bits per heavy atom. The van der Waals surface area contributed by atoms with Crippen molar-refractivity contribution in [1.29, 1.82) is 5.26 Å². The van der Waals surface area contributed by atoms with Crippen molar-refractivity contribution in [3.63, 3.8) is 0 Å². The molecule has 0 unspecified atom stereocenters. The van der Waals surface area contributed by atoms with Crippen molar-refractivity contribution in [2.24, 2.45) is 0 Å². The van der Waals surface area contributed by atoms with Gasteiger partial charge in [0, 0.05) is 24.8 Å². The molecular weight excluding hydrogens is 333 g/mol. The second-order valence-corrected chi connectivity index (χ2v) is 6.23. The summed E-state index contributed by atoms with van der Waals surface area (Å²) in [5.74, 6) is 1.47. The van der Waals surface area contributed by atoms with Crippen molar-refractivity contribution >= 4 is 5.82 Å². The van der Waals surface area contributed by atoms with Gasteiger partial charge in [-0.1, -0.05) is 5.16 Å². The van der Waals surface area contributed by atoms with Crippen LogP contribution in [0.3, 0.4) is 0 Å². The van der Waals surface area contributed by atoms with Crippen LogP contribution in [0.15, 0.2) is 47.1 Å². The molecule has 1 aromatic carbocycles. The third-order valence-electron chi connectivity index (χ3n) is 4.52. The molecule has 3 aromatic rings. The summed E-state index contributed by atoms with van der Waals surface area (Å²) in [7, 11) is 0. The summed E-state index contributed by atoms with van der Waals surface area (Å²) in [5, 5.41) is 13.3. The van der Waals surface area contributed by atoms with Crippen molar-refractivity contribution in [3.8, 4) is 17.5 Å². The average molecular weight is 349 g/mol. The van der Waals surface area contributed by atoms with Gasteiger partial charge in [0.25, 0.3) is 0 Å². The molecule has 0 N–H and O–H groups in total. The number of benzene rings is 1. The largest absolute Gasteiger partial charge is 0.355 e. The smallest absolute Gasteiger partial charge is 0.231 e. The van der Waals surface area contributed by atoms with Crippen molar-refractivity contribution in [2.75, 3.05) is 18.0 Å². The lowest BCUT2D eigenvalue weighted by atomic mass is 9.97. The number of hydrogen-bond acceptors (Lipinski definition) is 6. The van der Waals surface area contributed by atoms with Crippen molar-refractivity contribution < 1.29 is 8.91 Å². The van der Waals surface area contributed by atoms with E-state index in [2.05, 4.69) is 26.1 Å². The number of aromatic nitrogens is 3. The molecule has 1 fully saturated rings. The van der Waals surface area contributed by atoms with Crippen LogP contribution in [-0.4, -0.2) is 28.2 Å². The van der Waals surface area contributed by atoms with Crippen LogP contribution in [0.2, 0.25) is 0 Å². The van der Waals surface area contributed by atoms with Gasteiger partial charge < -0.3 is 9.42 Å². The van der Waals surface area contributed by atoms with Crippen LogP contribution >= 0.6 is 0 Å². The van der Waals surface area contributed by atoms with Crippen LogP contribution in [0.4, 0.5) is 10.2 Å². The van der Waals surface area contributed by atoms with Gasteiger partial charge in [-0.2, -0.15) is 10.2 Å². The maximum atomic E-state index is 13.1. The summed E-state index contributed by atoms with van der Waals surface area (Å²) in [6, 6.07) is 11.7. The molecule has 130 valence electrons. The first kappa shape index (κ1) is 16.2. The number of nitriles is 1. The van der Waals surface area contributed by atoms with Gasteiger partial charge in [-0.3, -0.25) is 0 Å². The minimum absolute atomic E-state index is 0.0685. The van der Waals surface area contributed by atoms with Gasteiger partial charge in [0.15, 0.2) is 0 Å². The van der Waals surface area contributed by atoms with Gasteiger partial charge in [0.2, 0.25) is 11.7 Å². The Hall–Kier alpha value is -3.27. The highest BCUT2D eigenvalue weighted by Gasteiger charge is 2.28. The van der Waals surface area contributed by atoms with E-state index < -0.39 is 0 Å². The van der Waals surface area contributed by atoms with E-state index in [0.717, 1.165) is 19.4 Å². The minimum Gasteiger partial charge on any atom is -0.355 e. The Balaban J connectivity index is 1.55. The van der Waals surface area contributed by atoms with Crippen LogP contribution in [0.5, 0.6) is 0 Å². The summed E-state index contributed by atoms with van der Waals surface area (Å²) in [6.45, 7) is 1.50. The molecule has 26 heavy (non-hydrogen) atoms. The highest BCUT2D eigenvalue weighted by molar-refractivity contribution is 5.55. The molecule has 3 heterocycles. The Kier molecular flexibility index (Phi) is 4.32. The van der Waals surface area contributed by atoms with Gasteiger partial charge >= 0.3 is 0 Å². The Labute approximate surface area is 149 Å². The lowest BCUT2D eigenvalue weighted by Gasteiger charge is -2.32. The molecule has 1 aliphatic rings. The first-order valence-electron chi connectivity index (χ1n) is 8.44. The Morgan fingerprint density at radius 2 is 2.08 bits per heavy atom. The number of nitrogens with zero attached hydrogens (tertiary/aromatic N) is 5. The quantitative estimate of drug-likeness (QED) is 0.720. The Bertz CT molecular complexity index is 947. The molecule has 7 heteroatoms. The van der Waals surface area contributed by atoms with Crippen LogP contribution in [0.25, 0.3) is 11.4 Å². The fourth-order valence-electron chi connectivity index (χ4n) is 3.22. The van der Waals surface area contributed by atoms with Gasteiger partial charge in [0.1, 0.15) is 17.7 Å². The van der Waals surface area contributed by atoms with E-state index in [1.54, 1.807) is 30.5 Å². The van der Waals surface area contributed by atoms with Crippen LogP contribution < -0.4 is 4.90 Å². The normalized spacial score (nSPS) is 17.1. The second kappa shape index (κ2) is 6.92. The Morgan fingerprint density at radius 3 is 2.88 bits per heavy atom. The molecule has 0 radical (unpaired) electrons. The number of halogens is 1. The van der Waals surface area contributed by atoms with Crippen molar-refractivity contribution in [3.05, 3.63) is 59.9 Å². The zero-order valence-corrected chi connectivity index (χ0v) is 14.0. The monoisotopic (exact) mass is 349 g/mol. The van der Waals surface area contributed by atoms with Gasteiger partial charge in [0.05, 0.1) is 11.5 Å². The van der Waals surface area contributed by atoms with Gasteiger partial charge in [-0.15, -0.1) is 0 Å². The summed E-state index contributed by atoms with van der Waals surface area (Å²) < 4.78 is 18.5. The highest BCUT2D eigenvalue weighted by atomic mass is 19.1. The average Bonchev–Trinajstić information content (AvgIpc) is 3.19. The molecule has 1 atom stereocenters. The molecule has 0 bridgehead atoms. The van der Waals surface area contributed by atoms with E-state index in [1.165, 1.54) is 12.1 Å². The summed E-state index contributed by atoms with van der Waals surface area (Å²) in [6.07, 6.45) is 3.57. The molecule has 6 nitrogen and oxygen atoms in total. The van der Waals surface area contributed by atoms with E-state index in [9.17, 15) is 9.65 Å². The first-order valence-corrected chi connectivity index (χ1v) is 8.44. The first-order chi connectivity index (χ1) is 12.7. The SMILES string of the molecule is N#Cc1cccnc1N1CCC[C@H](c2nc(-c3ccc(F)cc3)no2)C1. The van der Waals surface area contributed by atoms with E-state index >= 15 is 0 Å². The van der Waals surface area contributed by atoms with Gasteiger partial charge in [-0.05, 0) is 49.2 Å². The summed E-state index contributed by atoms with van der Waals surface area (Å²) in [5.41, 5.74) is 1.27. The molecule has 1 saturated heterocycles. The minimum atomic E-state index is -0.302. The van der Waals surface area contributed by atoms with E-state index in [4.69, 9.17) is 4.52 Å². The number of pyridine rings is 1. The summed E-state index contributed by atoms with van der Waals surface area (Å²) >= 11 is 0. The maximum Gasteiger partial charge on any atom is 0.231 e. The zero-order chi connectivity index (χ0) is 17.9. The second-order valence-electron chi connectivity index (χ2n) is 6.23. The van der Waals surface area contributed by atoms with E-state index in [0.29, 0.717) is 35.2 Å². The standard InChI is InChI=1S/C19H16FN5O/c20-16-7-5-13(6-8-16)17-23-19(26-24-17)15-4-2-10-25(12-15)18-14(11-21)3-1-9-22-18/h1,3,5-9,15H,2,4,10,12H2/t15-/m0/s1. The number of anilines is 1.